The van der Waals surface area contributed by atoms with E-state index >= 15 is 0 Å². The van der Waals surface area contributed by atoms with Crippen LogP contribution in [0.5, 0.6) is 0 Å². The van der Waals surface area contributed by atoms with E-state index in [0.29, 0.717) is 19.7 Å². The van der Waals surface area contributed by atoms with Gasteiger partial charge in [0.1, 0.15) is 5.60 Å². The minimum absolute atomic E-state index is 0.159. The monoisotopic (exact) mass is 412 g/mol. The largest absolute Gasteiger partial charge is 0.465 e. The van der Waals surface area contributed by atoms with Gasteiger partial charge in [0.25, 0.3) is 0 Å². The van der Waals surface area contributed by atoms with Crippen LogP contribution in [-0.4, -0.2) is 43.9 Å². The van der Waals surface area contributed by atoms with E-state index in [-0.39, 0.29) is 12.5 Å². The van der Waals surface area contributed by atoms with Gasteiger partial charge in [-0.25, -0.2) is 4.79 Å². The van der Waals surface area contributed by atoms with Crippen molar-refractivity contribution < 1.29 is 19.1 Å². The Morgan fingerprint density at radius 1 is 0.966 bits per heavy atom. The van der Waals surface area contributed by atoms with Gasteiger partial charge in [0.05, 0.1) is 13.2 Å². The maximum atomic E-state index is 11.6. The van der Waals surface area contributed by atoms with Crippen molar-refractivity contribution in [1.82, 2.24) is 10.6 Å². The molecule has 1 amide bonds. The van der Waals surface area contributed by atoms with Crippen LogP contribution in [0.4, 0.5) is 4.79 Å². The average Bonchev–Trinajstić information content (AvgIpc) is 2.67. The molecule has 0 unspecified atom stereocenters. The van der Waals surface area contributed by atoms with Crippen molar-refractivity contribution in [3.8, 4) is 0 Å². The maximum absolute atomic E-state index is 11.6. The lowest BCUT2D eigenvalue weighted by Gasteiger charge is -2.19. The van der Waals surface area contributed by atoms with Crippen molar-refractivity contribution in [1.29, 1.82) is 0 Å². The number of amides is 1. The van der Waals surface area contributed by atoms with Crippen LogP contribution in [0.3, 0.4) is 0 Å². The summed E-state index contributed by atoms with van der Waals surface area (Å²) in [5.41, 5.74) is 0.473. The molecule has 170 valence electrons. The Labute approximate surface area is 178 Å². The van der Waals surface area contributed by atoms with Crippen LogP contribution in [0.1, 0.15) is 68.7 Å². The summed E-state index contributed by atoms with van der Waals surface area (Å²) < 4.78 is 10.0. The molecule has 6 nitrogen and oxygen atoms in total. The van der Waals surface area contributed by atoms with Gasteiger partial charge in [-0.15, -0.1) is 0 Å². The first-order valence-corrected chi connectivity index (χ1v) is 10.6. The molecule has 0 radical (unpaired) electrons. The average molecular weight is 413 g/mol. The third-order valence-electron chi connectivity index (χ3n) is 2.68. The predicted molar refractivity (Wildman–Crippen MR) is 123 cm³/mol. The molecule has 0 spiro atoms. The van der Waals surface area contributed by atoms with Gasteiger partial charge in [0, 0.05) is 13.1 Å². The van der Waals surface area contributed by atoms with E-state index in [1.165, 1.54) is 0 Å². The highest BCUT2D eigenvalue weighted by atomic mass is 16.6. The third-order valence-corrected chi connectivity index (χ3v) is 2.68. The van der Waals surface area contributed by atoms with Crippen molar-refractivity contribution in [2.24, 2.45) is 0 Å². The fraction of sp³-hybridized carbons (Fsp3) is 0.652. The zero-order valence-corrected chi connectivity index (χ0v) is 20.1. The fourth-order valence-electron chi connectivity index (χ4n) is 1.69. The molecule has 0 rings (SSSR count). The number of nitrogens with one attached hydrogen (secondary N) is 2. The summed E-state index contributed by atoms with van der Waals surface area (Å²) in [6.45, 7) is 18.7. The zero-order chi connectivity index (χ0) is 23.1. The molecule has 2 N–H and O–H groups in total. The lowest BCUT2D eigenvalue weighted by Crippen LogP contribution is -2.32. The fourth-order valence-corrected chi connectivity index (χ4v) is 1.69. The third kappa shape index (κ3) is 25.9. The molecule has 0 fully saturated rings. The molecule has 0 aromatic heterocycles. The molecule has 0 saturated heterocycles. The standard InChI is InChI=1S/C19H32N2O4.2C2H6/c1-6-8-9-11-16(14-20-15-17(22)24-7-2)12-10-13-21-18(23)25-19(3,4)5;2*1-2/h8-12,20H,6-7,13-15H2,1-5H3,(H,21,23);2*1-2H3/b9-8+,12-10+,16-11+;;. The molecule has 0 heterocycles. The number of carbonyl (C=O) groups is 2. The molecule has 0 aliphatic carbocycles. The minimum Gasteiger partial charge on any atom is -0.465 e. The van der Waals surface area contributed by atoms with E-state index in [1.54, 1.807) is 6.92 Å². The molecule has 0 aromatic rings. The first kappa shape index (κ1) is 31.6. The van der Waals surface area contributed by atoms with Crippen molar-refractivity contribution in [2.45, 2.75) is 74.3 Å². The van der Waals surface area contributed by atoms with Gasteiger partial charge in [0.2, 0.25) is 0 Å². The van der Waals surface area contributed by atoms with E-state index < -0.39 is 11.7 Å². The molecule has 0 aromatic carbocycles. The molecule has 0 saturated carbocycles. The highest BCUT2D eigenvalue weighted by Crippen LogP contribution is 2.06. The van der Waals surface area contributed by atoms with Crippen LogP contribution in [0.2, 0.25) is 0 Å². The summed E-state index contributed by atoms with van der Waals surface area (Å²) >= 11 is 0. The summed E-state index contributed by atoms with van der Waals surface area (Å²) in [6.07, 6.45) is 10.2. The van der Waals surface area contributed by atoms with Crippen molar-refractivity contribution >= 4 is 12.1 Å². The van der Waals surface area contributed by atoms with Crippen LogP contribution in [0, 0.1) is 0 Å². The Hall–Kier alpha value is -2.08. The van der Waals surface area contributed by atoms with Crippen LogP contribution >= 0.6 is 0 Å². The number of esters is 1. The topological polar surface area (TPSA) is 76.7 Å². The van der Waals surface area contributed by atoms with Crippen LogP contribution in [-0.2, 0) is 14.3 Å². The van der Waals surface area contributed by atoms with Crippen molar-refractivity contribution in [2.75, 3.05) is 26.2 Å². The molecular formula is C23H44N2O4. The Morgan fingerprint density at radius 3 is 2.10 bits per heavy atom. The Balaban J connectivity index is -0.00000158. The van der Waals surface area contributed by atoms with Gasteiger partial charge < -0.3 is 20.1 Å². The van der Waals surface area contributed by atoms with Crippen molar-refractivity contribution in [3.63, 3.8) is 0 Å². The number of rotatable bonds is 10. The van der Waals surface area contributed by atoms with Gasteiger partial charge in [-0.2, -0.15) is 0 Å². The molecule has 0 atom stereocenters. The number of alkyl carbamates (subject to hydrolysis) is 1. The summed E-state index contributed by atoms with van der Waals surface area (Å²) in [6, 6.07) is 0. The number of carbonyl (C=O) groups excluding carboxylic acids is 2. The smallest absolute Gasteiger partial charge is 0.407 e. The summed E-state index contributed by atoms with van der Waals surface area (Å²) in [4.78, 5) is 22.9. The highest BCUT2D eigenvalue weighted by molar-refractivity contribution is 5.71. The number of allylic oxidation sites excluding steroid dienone is 3. The van der Waals surface area contributed by atoms with E-state index in [0.717, 1.165) is 12.0 Å². The maximum Gasteiger partial charge on any atom is 0.407 e. The van der Waals surface area contributed by atoms with E-state index in [9.17, 15) is 9.59 Å². The molecule has 6 heteroatoms. The molecular weight excluding hydrogens is 368 g/mol. The minimum atomic E-state index is -0.513. The SMILES string of the molecule is CC.CC.CC/C=C/C=C(\C=C\CNC(=O)OC(C)(C)C)CNCC(=O)OCC. The molecule has 0 aliphatic heterocycles. The predicted octanol–water partition coefficient (Wildman–Crippen LogP) is 5.17. The lowest BCUT2D eigenvalue weighted by atomic mass is 10.2. The van der Waals surface area contributed by atoms with Gasteiger partial charge >= 0.3 is 12.1 Å². The van der Waals surface area contributed by atoms with Crippen LogP contribution in [0.25, 0.3) is 0 Å². The Kier molecular flexibility index (Phi) is 24.2. The second-order valence-electron chi connectivity index (χ2n) is 6.27. The Bertz CT molecular complexity index is 490. The first-order chi connectivity index (χ1) is 13.8. The van der Waals surface area contributed by atoms with Crippen LogP contribution in [0.15, 0.2) is 36.0 Å². The van der Waals surface area contributed by atoms with Crippen molar-refractivity contribution in [3.05, 3.63) is 36.0 Å². The van der Waals surface area contributed by atoms with E-state index in [4.69, 9.17) is 9.47 Å². The van der Waals surface area contributed by atoms with Gasteiger partial charge in [-0.1, -0.05) is 65.0 Å². The number of hydrogen-bond acceptors (Lipinski definition) is 5. The second-order valence-corrected chi connectivity index (χ2v) is 6.27. The zero-order valence-electron chi connectivity index (χ0n) is 20.1. The quantitative estimate of drug-likeness (QED) is 0.383. The summed E-state index contributed by atoms with van der Waals surface area (Å²) in [7, 11) is 0. The highest BCUT2D eigenvalue weighted by Gasteiger charge is 2.14. The number of ether oxygens (including phenoxy) is 2. The van der Waals surface area contributed by atoms with Gasteiger partial charge in [-0.05, 0) is 39.7 Å². The van der Waals surface area contributed by atoms with E-state index in [1.807, 2.05) is 78.8 Å². The van der Waals surface area contributed by atoms with E-state index in [2.05, 4.69) is 17.6 Å². The second kappa shape index (κ2) is 22.2. The molecule has 0 aliphatic rings. The summed E-state index contributed by atoms with van der Waals surface area (Å²) in [5.74, 6) is -0.276. The van der Waals surface area contributed by atoms with Gasteiger partial charge in [0.15, 0.2) is 0 Å². The summed E-state index contributed by atoms with van der Waals surface area (Å²) in [5, 5.41) is 5.70. The Morgan fingerprint density at radius 2 is 1.59 bits per heavy atom. The molecule has 0 bridgehead atoms. The number of hydrogen-bond donors (Lipinski definition) is 2. The lowest BCUT2D eigenvalue weighted by molar-refractivity contribution is -0.141. The van der Waals surface area contributed by atoms with Crippen LogP contribution < -0.4 is 10.6 Å². The normalized spacial score (nSPS) is 11.3. The van der Waals surface area contributed by atoms with Gasteiger partial charge in [-0.3, -0.25) is 4.79 Å². The first-order valence-electron chi connectivity index (χ1n) is 10.6. The molecule has 29 heavy (non-hydrogen) atoms.